The van der Waals surface area contributed by atoms with Crippen LogP contribution < -0.4 is 0 Å². The van der Waals surface area contributed by atoms with Gasteiger partial charge in [0.05, 0.1) is 45.8 Å². The molecule has 0 aromatic carbocycles. The molecule has 0 aromatic rings. The fourth-order valence-corrected chi connectivity index (χ4v) is 1.64. The molecule has 1 aliphatic heterocycles. The Bertz CT molecular complexity index is 360. The van der Waals surface area contributed by atoms with E-state index in [1.54, 1.807) is 0 Å². The minimum absolute atomic E-state index is 0. The van der Waals surface area contributed by atoms with E-state index in [1.807, 2.05) is 29.5 Å². The Hall–Kier alpha value is -0.920. The van der Waals surface area contributed by atoms with Gasteiger partial charge in [-0.1, -0.05) is 0 Å². The Balaban J connectivity index is 0.00000441. The molecule has 0 atom stereocenters. The molecule has 0 radical (unpaired) electrons. The van der Waals surface area contributed by atoms with E-state index in [9.17, 15) is 4.91 Å². The zero-order valence-corrected chi connectivity index (χ0v) is 13.9. The van der Waals surface area contributed by atoms with Crippen LogP contribution >= 0.6 is 24.0 Å². The first-order valence-electron chi connectivity index (χ1n) is 6.81. The maximum atomic E-state index is 10.1. The maximum Gasteiger partial charge on any atom is 0.0788 e. The summed E-state index contributed by atoms with van der Waals surface area (Å²) in [6.45, 7) is 4.11. The predicted octanol–water partition coefficient (Wildman–Crippen LogP) is 2.69. The Morgan fingerprint density at radius 2 is 1.55 bits per heavy atom. The van der Waals surface area contributed by atoms with Crippen molar-refractivity contribution in [1.82, 2.24) is 4.90 Å². The van der Waals surface area contributed by atoms with Gasteiger partial charge in [0.1, 0.15) is 0 Å². The highest BCUT2D eigenvalue weighted by Gasteiger charge is 2.00. The van der Waals surface area contributed by atoms with Crippen LogP contribution in [0.4, 0.5) is 0 Å². The van der Waals surface area contributed by atoms with Crippen LogP contribution in [0.15, 0.2) is 41.5 Å². The van der Waals surface area contributed by atoms with Crippen LogP contribution in [0.3, 0.4) is 0 Å². The molecule has 0 spiro atoms. The van der Waals surface area contributed by atoms with Crippen molar-refractivity contribution in [2.45, 2.75) is 0 Å². The Kier molecular flexibility index (Phi) is 14.4. The van der Waals surface area contributed by atoms with Gasteiger partial charge in [-0.05, 0) is 22.9 Å². The number of ether oxygens (including phenoxy) is 3. The summed E-state index contributed by atoms with van der Waals surface area (Å²) in [5.41, 5.74) is 0.784. The standard InChI is InChI=1S/C14H21ClN2O4.ClH/c15-3-7-19-9-11-21-12-10-20-8-6-17-4-1-14(2-5-17)13-16-18;/h1-2,4-5,13H,3,6-12H2;1H. The second-order valence-electron chi connectivity index (χ2n) is 4.13. The second-order valence-corrected chi connectivity index (χ2v) is 4.51. The van der Waals surface area contributed by atoms with Gasteiger partial charge in [0, 0.05) is 24.8 Å². The van der Waals surface area contributed by atoms with Crippen LogP contribution in [-0.4, -0.2) is 57.0 Å². The summed E-state index contributed by atoms with van der Waals surface area (Å²) in [7, 11) is 0. The molecular formula is C14H22Cl2N2O4. The first-order valence-corrected chi connectivity index (χ1v) is 7.34. The van der Waals surface area contributed by atoms with E-state index in [0.29, 0.717) is 45.5 Å². The van der Waals surface area contributed by atoms with Gasteiger partial charge in [0.15, 0.2) is 0 Å². The summed E-state index contributed by atoms with van der Waals surface area (Å²) < 4.78 is 16.0. The largest absolute Gasteiger partial charge is 0.378 e. The lowest BCUT2D eigenvalue weighted by molar-refractivity contribution is 0.0159. The van der Waals surface area contributed by atoms with Gasteiger partial charge in [-0.3, -0.25) is 0 Å². The number of nitrogens with zero attached hydrogens (tertiary/aromatic N) is 2. The molecule has 6 nitrogen and oxygen atoms in total. The third-order valence-corrected chi connectivity index (χ3v) is 2.73. The molecule has 0 aliphatic carbocycles. The molecule has 1 aliphatic rings. The average molecular weight is 353 g/mol. The van der Waals surface area contributed by atoms with E-state index < -0.39 is 0 Å². The number of nitroso groups, excluding NO2 is 1. The van der Waals surface area contributed by atoms with E-state index in [2.05, 4.69) is 5.18 Å². The van der Waals surface area contributed by atoms with Crippen molar-refractivity contribution < 1.29 is 14.2 Å². The molecule has 0 saturated carbocycles. The maximum absolute atomic E-state index is 10.1. The zero-order chi connectivity index (χ0) is 15.2. The Labute approximate surface area is 142 Å². The molecule has 1 rings (SSSR count). The van der Waals surface area contributed by atoms with Crippen LogP contribution in [0, 0.1) is 4.91 Å². The molecule has 0 amide bonds. The summed E-state index contributed by atoms with van der Waals surface area (Å²) in [5.74, 6) is 0.505. The third kappa shape index (κ3) is 10.8. The molecule has 22 heavy (non-hydrogen) atoms. The van der Waals surface area contributed by atoms with Crippen molar-refractivity contribution in [3.8, 4) is 0 Å². The molecule has 0 bridgehead atoms. The highest BCUT2D eigenvalue weighted by atomic mass is 35.5. The van der Waals surface area contributed by atoms with E-state index in [-0.39, 0.29) is 12.4 Å². The first-order chi connectivity index (χ1) is 10.4. The molecule has 0 aromatic heterocycles. The van der Waals surface area contributed by atoms with E-state index in [4.69, 9.17) is 25.8 Å². The zero-order valence-electron chi connectivity index (χ0n) is 12.4. The van der Waals surface area contributed by atoms with E-state index in [1.165, 1.54) is 6.20 Å². The predicted molar refractivity (Wildman–Crippen MR) is 89.3 cm³/mol. The number of hydrogen-bond acceptors (Lipinski definition) is 6. The van der Waals surface area contributed by atoms with Crippen LogP contribution in [0.25, 0.3) is 0 Å². The molecule has 126 valence electrons. The van der Waals surface area contributed by atoms with Crippen molar-refractivity contribution >= 4 is 24.0 Å². The third-order valence-electron chi connectivity index (χ3n) is 2.58. The van der Waals surface area contributed by atoms with E-state index in [0.717, 1.165) is 12.1 Å². The lowest BCUT2D eigenvalue weighted by atomic mass is 10.2. The summed E-state index contributed by atoms with van der Waals surface area (Å²) in [5, 5.41) is 2.72. The summed E-state index contributed by atoms with van der Waals surface area (Å²) in [4.78, 5) is 12.0. The lowest BCUT2D eigenvalue weighted by Gasteiger charge is -2.18. The van der Waals surface area contributed by atoms with Crippen molar-refractivity contribution in [2.24, 2.45) is 5.18 Å². The SMILES string of the molecule is Cl.O=NC=C1C=CN(CCOCCOCCOCCCl)C=C1. The Morgan fingerprint density at radius 3 is 2.09 bits per heavy atom. The van der Waals surface area contributed by atoms with Gasteiger partial charge >= 0.3 is 0 Å². The topological polar surface area (TPSA) is 60.4 Å². The van der Waals surface area contributed by atoms with Crippen LogP contribution in [0.1, 0.15) is 0 Å². The van der Waals surface area contributed by atoms with Crippen LogP contribution in [0.2, 0.25) is 0 Å². The summed E-state index contributed by atoms with van der Waals surface area (Å²) in [6, 6.07) is 0. The fraction of sp³-hybridized carbons (Fsp3) is 0.571. The molecule has 1 heterocycles. The smallest absolute Gasteiger partial charge is 0.0788 e. The van der Waals surface area contributed by atoms with Crippen molar-refractivity contribution in [2.75, 3.05) is 52.1 Å². The first kappa shape index (κ1) is 21.1. The number of halogens is 2. The Morgan fingerprint density at radius 1 is 1.00 bits per heavy atom. The van der Waals surface area contributed by atoms with Crippen molar-refractivity contribution in [1.29, 1.82) is 0 Å². The molecular weight excluding hydrogens is 331 g/mol. The van der Waals surface area contributed by atoms with Gasteiger partial charge in [0.25, 0.3) is 0 Å². The van der Waals surface area contributed by atoms with Gasteiger partial charge in [-0.25, -0.2) is 0 Å². The molecule has 0 N–H and O–H groups in total. The van der Waals surface area contributed by atoms with Gasteiger partial charge in [-0.15, -0.1) is 28.9 Å². The van der Waals surface area contributed by atoms with Gasteiger partial charge in [-0.2, -0.15) is 0 Å². The monoisotopic (exact) mass is 352 g/mol. The summed E-state index contributed by atoms with van der Waals surface area (Å²) in [6.07, 6.45) is 8.68. The van der Waals surface area contributed by atoms with Crippen LogP contribution in [0.5, 0.6) is 0 Å². The van der Waals surface area contributed by atoms with Crippen molar-refractivity contribution in [3.63, 3.8) is 0 Å². The molecule has 0 unspecified atom stereocenters. The second kappa shape index (κ2) is 15.0. The quantitative estimate of drug-likeness (QED) is 0.307. The minimum atomic E-state index is 0. The molecule has 0 fully saturated rings. The molecule has 0 saturated heterocycles. The number of allylic oxidation sites excluding steroid dienone is 3. The van der Waals surface area contributed by atoms with Gasteiger partial charge < -0.3 is 19.1 Å². The van der Waals surface area contributed by atoms with Gasteiger partial charge in [0.2, 0.25) is 0 Å². The lowest BCUT2D eigenvalue weighted by Crippen LogP contribution is -2.19. The number of alkyl halides is 1. The minimum Gasteiger partial charge on any atom is -0.378 e. The summed E-state index contributed by atoms with van der Waals surface area (Å²) >= 11 is 5.47. The fourth-order valence-electron chi connectivity index (χ4n) is 1.53. The van der Waals surface area contributed by atoms with E-state index >= 15 is 0 Å². The number of rotatable bonds is 12. The number of hydrogen-bond donors (Lipinski definition) is 0. The highest BCUT2D eigenvalue weighted by Crippen LogP contribution is 2.08. The highest BCUT2D eigenvalue weighted by molar-refractivity contribution is 6.17. The molecule has 8 heteroatoms. The van der Waals surface area contributed by atoms with Crippen molar-refractivity contribution in [3.05, 3.63) is 41.2 Å². The van der Waals surface area contributed by atoms with Crippen LogP contribution in [-0.2, 0) is 14.2 Å². The normalized spacial score (nSPS) is 13.1. The average Bonchev–Trinajstić information content (AvgIpc) is 2.51.